The lowest BCUT2D eigenvalue weighted by Gasteiger charge is -2.33. The summed E-state index contributed by atoms with van der Waals surface area (Å²) >= 11 is 4.31. The van der Waals surface area contributed by atoms with Crippen LogP contribution in [0.2, 0.25) is 0 Å². The minimum Gasteiger partial charge on any atom is -0.479 e. The Kier molecular flexibility index (Phi) is 6.99. The third-order valence-electron chi connectivity index (χ3n) is 4.91. The highest BCUT2D eigenvalue weighted by Crippen LogP contribution is 2.46. The van der Waals surface area contributed by atoms with Gasteiger partial charge in [0.05, 0.1) is 9.35 Å². The van der Waals surface area contributed by atoms with Crippen molar-refractivity contribution < 1.29 is 29.3 Å². The van der Waals surface area contributed by atoms with Crippen molar-refractivity contribution in [3.8, 4) is 16.2 Å². The number of carboxylic acids is 2. The molecule has 0 aliphatic heterocycles. The Labute approximate surface area is 185 Å². The highest BCUT2D eigenvalue weighted by Gasteiger charge is 2.27. The molecular weight excluding hydrogens is 476 g/mol. The van der Waals surface area contributed by atoms with E-state index >= 15 is 0 Å². The number of carbonyl (C=O) groups excluding carboxylic acids is 1. The maximum atomic E-state index is 12.2. The van der Waals surface area contributed by atoms with Crippen LogP contribution in [0.4, 0.5) is 10.5 Å². The number of anilines is 1. The zero-order valence-electron chi connectivity index (χ0n) is 16.0. The lowest BCUT2D eigenvalue weighted by Crippen LogP contribution is -2.44. The summed E-state index contributed by atoms with van der Waals surface area (Å²) < 4.78 is 5.56. The number of nitrogens with two attached hydrogens (primary N) is 1. The maximum absolute atomic E-state index is 12.2. The summed E-state index contributed by atoms with van der Waals surface area (Å²) in [5.74, 6) is -2.46. The van der Waals surface area contributed by atoms with Crippen LogP contribution in [0.1, 0.15) is 41.8 Å². The molecule has 2 aromatic rings. The first kappa shape index (κ1) is 22.1. The molecule has 30 heavy (non-hydrogen) atoms. The van der Waals surface area contributed by atoms with E-state index in [0.717, 1.165) is 43.4 Å². The second-order valence-electron chi connectivity index (χ2n) is 6.94. The van der Waals surface area contributed by atoms with Crippen molar-refractivity contribution >= 4 is 50.9 Å². The van der Waals surface area contributed by atoms with E-state index in [2.05, 4.69) is 15.9 Å². The summed E-state index contributed by atoms with van der Waals surface area (Å²) in [7, 11) is 0. The number of primary amides is 1. The van der Waals surface area contributed by atoms with Crippen LogP contribution >= 0.6 is 27.3 Å². The Morgan fingerprint density at radius 2 is 1.90 bits per heavy atom. The van der Waals surface area contributed by atoms with Gasteiger partial charge < -0.3 is 20.7 Å². The molecule has 0 saturated heterocycles. The standard InChI is InChI=1S/C20H21BrN2O6S/c21-15-16(29-10-14(24)25)18(19(26)27)30-17(15)11-5-4-8-13(9-11)23(20(22)28)12-6-2-1-3-7-12/h4-5,8-9,12H,1-3,6-7,10H2,(H2,22,28)(H,24,25)(H,26,27). The molecule has 1 aromatic heterocycles. The largest absolute Gasteiger partial charge is 0.479 e. The van der Waals surface area contributed by atoms with Gasteiger partial charge in [0.15, 0.2) is 17.2 Å². The number of hydrogen-bond acceptors (Lipinski definition) is 5. The number of benzene rings is 1. The predicted molar refractivity (Wildman–Crippen MR) is 116 cm³/mol. The minimum absolute atomic E-state index is 0.0299. The first-order valence-corrected chi connectivity index (χ1v) is 11.0. The summed E-state index contributed by atoms with van der Waals surface area (Å²) in [6, 6.07) is 6.64. The quantitative estimate of drug-likeness (QED) is 0.514. The molecule has 4 N–H and O–H groups in total. The second kappa shape index (κ2) is 9.48. The second-order valence-corrected chi connectivity index (χ2v) is 8.76. The normalized spacial score (nSPS) is 14.3. The van der Waals surface area contributed by atoms with Gasteiger partial charge in [-0.15, -0.1) is 11.3 Å². The molecule has 1 saturated carbocycles. The molecule has 160 valence electrons. The van der Waals surface area contributed by atoms with Gasteiger partial charge in [0.1, 0.15) is 0 Å². The number of rotatable bonds is 7. The molecule has 8 nitrogen and oxygen atoms in total. The molecule has 0 spiro atoms. The summed E-state index contributed by atoms with van der Waals surface area (Å²) in [5.41, 5.74) is 6.98. The van der Waals surface area contributed by atoms with E-state index in [1.165, 1.54) is 0 Å². The maximum Gasteiger partial charge on any atom is 0.349 e. The third kappa shape index (κ3) is 4.76. The van der Waals surface area contributed by atoms with Crippen molar-refractivity contribution in [2.24, 2.45) is 5.73 Å². The Morgan fingerprint density at radius 1 is 1.20 bits per heavy atom. The molecule has 1 aliphatic carbocycles. The molecular formula is C20H21BrN2O6S. The SMILES string of the molecule is NC(=O)N(c1cccc(-c2sc(C(=O)O)c(OCC(=O)O)c2Br)c1)C1CCCCC1. The van der Waals surface area contributed by atoms with Gasteiger partial charge in [-0.3, -0.25) is 4.90 Å². The van der Waals surface area contributed by atoms with E-state index in [9.17, 15) is 19.5 Å². The molecule has 3 rings (SSSR count). The monoisotopic (exact) mass is 496 g/mol. The number of carbonyl (C=O) groups is 3. The zero-order valence-corrected chi connectivity index (χ0v) is 18.4. The van der Waals surface area contributed by atoms with E-state index in [1.54, 1.807) is 29.2 Å². The highest BCUT2D eigenvalue weighted by atomic mass is 79.9. The Bertz CT molecular complexity index is 970. The van der Waals surface area contributed by atoms with E-state index in [1.807, 2.05) is 0 Å². The fourth-order valence-electron chi connectivity index (χ4n) is 3.64. The number of carboxylic acid groups (broad SMARTS) is 2. The summed E-state index contributed by atoms with van der Waals surface area (Å²) in [6.07, 6.45) is 4.98. The smallest absolute Gasteiger partial charge is 0.349 e. The number of aromatic carboxylic acids is 1. The third-order valence-corrected chi connectivity index (χ3v) is 7.13. The van der Waals surface area contributed by atoms with Gasteiger partial charge in [-0.2, -0.15) is 0 Å². The van der Waals surface area contributed by atoms with Crippen molar-refractivity contribution in [3.05, 3.63) is 33.6 Å². The van der Waals surface area contributed by atoms with Crippen LogP contribution in [0.25, 0.3) is 10.4 Å². The number of aliphatic carboxylic acids is 1. The number of urea groups is 1. The zero-order chi connectivity index (χ0) is 21.8. The van der Waals surface area contributed by atoms with Crippen LogP contribution in [-0.4, -0.2) is 40.8 Å². The van der Waals surface area contributed by atoms with E-state index in [-0.39, 0.29) is 16.7 Å². The Balaban J connectivity index is 2.00. The van der Waals surface area contributed by atoms with Gasteiger partial charge in [-0.1, -0.05) is 31.4 Å². The van der Waals surface area contributed by atoms with Gasteiger partial charge in [0, 0.05) is 11.7 Å². The van der Waals surface area contributed by atoms with Gasteiger partial charge in [-0.05, 0) is 46.5 Å². The molecule has 1 aliphatic rings. The minimum atomic E-state index is -1.22. The molecule has 1 heterocycles. The van der Waals surface area contributed by atoms with Crippen molar-refractivity contribution in [1.82, 2.24) is 0 Å². The van der Waals surface area contributed by atoms with Crippen molar-refractivity contribution in [2.75, 3.05) is 11.5 Å². The number of hydrogen-bond donors (Lipinski definition) is 3. The van der Waals surface area contributed by atoms with Crippen LogP contribution in [0, 0.1) is 0 Å². The first-order valence-electron chi connectivity index (χ1n) is 9.39. The van der Waals surface area contributed by atoms with Crippen LogP contribution in [0.15, 0.2) is 28.7 Å². The molecule has 0 bridgehead atoms. The number of ether oxygens (including phenoxy) is 1. The van der Waals surface area contributed by atoms with E-state index < -0.39 is 24.6 Å². The number of thiophene rings is 1. The molecule has 0 unspecified atom stereocenters. The summed E-state index contributed by atoms with van der Waals surface area (Å²) in [4.78, 5) is 36.7. The molecule has 0 atom stereocenters. The fourth-order valence-corrected chi connectivity index (χ4v) is 5.53. The molecule has 1 aromatic carbocycles. The van der Waals surface area contributed by atoms with Crippen LogP contribution in [0.5, 0.6) is 5.75 Å². The molecule has 10 heteroatoms. The van der Waals surface area contributed by atoms with Gasteiger partial charge >= 0.3 is 18.0 Å². The van der Waals surface area contributed by atoms with Crippen LogP contribution in [-0.2, 0) is 4.79 Å². The van der Waals surface area contributed by atoms with Gasteiger partial charge in [0.2, 0.25) is 0 Å². The van der Waals surface area contributed by atoms with E-state index in [0.29, 0.717) is 20.6 Å². The molecule has 1 fully saturated rings. The predicted octanol–water partition coefficient (Wildman–Crippen LogP) is 4.56. The Morgan fingerprint density at radius 3 is 2.50 bits per heavy atom. The van der Waals surface area contributed by atoms with E-state index in [4.69, 9.17) is 15.6 Å². The molecule has 2 amide bonds. The van der Waals surface area contributed by atoms with Crippen molar-refractivity contribution in [2.45, 2.75) is 38.1 Å². The van der Waals surface area contributed by atoms with Gasteiger partial charge in [0.25, 0.3) is 0 Å². The first-order chi connectivity index (χ1) is 14.3. The number of nitrogens with zero attached hydrogens (tertiary/aromatic N) is 1. The average molecular weight is 497 g/mol. The number of halogens is 1. The Hall–Kier alpha value is -2.59. The van der Waals surface area contributed by atoms with Crippen molar-refractivity contribution in [1.29, 1.82) is 0 Å². The summed E-state index contributed by atoms with van der Waals surface area (Å²) in [5, 5.41) is 18.4. The number of amides is 2. The van der Waals surface area contributed by atoms with Crippen LogP contribution < -0.4 is 15.4 Å². The van der Waals surface area contributed by atoms with Crippen LogP contribution in [0.3, 0.4) is 0 Å². The summed E-state index contributed by atoms with van der Waals surface area (Å²) in [6.45, 7) is -0.660. The molecule has 0 radical (unpaired) electrons. The lowest BCUT2D eigenvalue weighted by molar-refractivity contribution is -0.139. The fraction of sp³-hybridized carbons (Fsp3) is 0.350. The van der Waals surface area contributed by atoms with Gasteiger partial charge in [-0.25, -0.2) is 14.4 Å². The topological polar surface area (TPSA) is 130 Å². The lowest BCUT2D eigenvalue weighted by atomic mass is 9.94. The van der Waals surface area contributed by atoms with Crippen molar-refractivity contribution in [3.63, 3.8) is 0 Å². The average Bonchev–Trinajstić information content (AvgIpc) is 3.04. The highest BCUT2D eigenvalue weighted by molar-refractivity contribution is 9.10.